The second-order valence-corrected chi connectivity index (χ2v) is 5.20. The minimum absolute atomic E-state index is 0.218. The van der Waals surface area contributed by atoms with E-state index >= 15 is 0 Å². The van der Waals surface area contributed by atoms with Gasteiger partial charge in [-0.25, -0.2) is 0 Å². The van der Waals surface area contributed by atoms with E-state index in [1.54, 1.807) is 0 Å². The SMILES string of the molecule is Cc1cc(OC(C)C)ccc1NC1CCCOC1. The zero-order valence-corrected chi connectivity index (χ0v) is 11.5. The Balaban J connectivity index is 2.00. The number of rotatable bonds is 4. The van der Waals surface area contributed by atoms with Gasteiger partial charge in [0.25, 0.3) is 0 Å². The van der Waals surface area contributed by atoms with Crippen molar-refractivity contribution < 1.29 is 9.47 Å². The second kappa shape index (κ2) is 6.10. The first-order valence-electron chi connectivity index (χ1n) is 6.77. The number of hydrogen-bond donors (Lipinski definition) is 1. The lowest BCUT2D eigenvalue weighted by Gasteiger charge is -2.25. The zero-order valence-electron chi connectivity index (χ0n) is 11.5. The van der Waals surface area contributed by atoms with Crippen LogP contribution in [-0.4, -0.2) is 25.4 Å². The molecule has 1 unspecified atom stereocenters. The third-order valence-electron chi connectivity index (χ3n) is 3.09. The molecular formula is C15H23NO2. The molecule has 0 radical (unpaired) electrons. The monoisotopic (exact) mass is 249 g/mol. The smallest absolute Gasteiger partial charge is 0.120 e. The molecule has 1 saturated heterocycles. The number of nitrogens with one attached hydrogen (secondary N) is 1. The molecule has 3 nitrogen and oxygen atoms in total. The molecule has 1 aromatic rings. The summed E-state index contributed by atoms with van der Waals surface area (Å²) in [6.07, 6.45) is 2.55. The van der Waals surface area contributed by atoms with Gasteiger partial charge in [-0.15, -0.1) is 0 Å². The molecule has 0 aliphatic carbocycles. The number of hydrogen-bond acceptors (Lipinski definition) is 3. The van der Waals surface area contributed by atoms with Crippen molar-refractivity contribution in [2.75, 3.05) is 18.5 Å². The summed E-state index contributed by atoms with van der Waals surface area (Å²) in [6, 6.07) is 6.65. The van der Waals surface area contributed by atoms with Gasteiger partial charge in [-0.2, -0.15) is 0 Å². The van der Waals surface area contributed by atoms with E-state index in [4.69, 9.17) is 9.47 Å². The van der Waals surface area contributed by atoms with Gasteiger partial charge in [0.2, 0.25) is 0 Å². The van der Waals surface area contributed by atoms with Crippen molar-refractivity contribution in [3.63, 3.8) is 0 Å². The molecule has 1 aromatic carbocycles. The van der Waals surface area contributed by atoms with Crippen LogP contribution in [0.3, 0.4) is 0 Å². The Morgan fingerprint density at radius 2 is 2.22 bits per heavy atom. The first-order chi connectivity index (χ1) is 8.65. The molecule has 0 aromatic heterocycles. The van der Waals surface area contributed by atoms with Crippen LogP contribution in [0.5, 0.6) is 5.75 Å². The van der Waals surface area contributed by atoms with Crippen LogP contribution in [0, 0.1) is 6.92 Å². The van der Waals surface area contributed by atoms with Gasteiger partial charge < -0.3 is 14.8 Å². The highest BCUT2D eigenvalue weighted by molar-refractivity contribution is 5.54. The Morgan fingerprint density at radius 3 is 2.83 bits per heavy atom. The molecule has 1 aliphatic rings. The first kappa shape index (κ1) is 13.2. The maximum absolute atomic E-state index is 5.69. The maximum atomic E-state index is 5.69. The van der Waals surface area contributed by atoms with Gasteiger partial charge in [0.15, 0.2) is 0 Å². The van der Waals surface area contributed by atoms with E-state index in [0.717, 1.165) is 25.4 Å². The van der Waals surface area contributed by atoms with Crippen molar-refractivity contribution >= 4 is 5.69 Å². The van der Waals surface area contributed by atoms with Gasteiger partial charge in [0.05, 0.1) is 12.7 Å². The summed E-state index contributed by atoms with van der Waals surface area (Å²) >= 11 is 0. The summed E-state index contributed by atoms with van der Waals surface area (Å²) in [6.45, 7) is 7.91. The highest BCUT2D eigenvalue weighted by Crippen LogP contribution is 2.24. The Kier molecular flexibility index (Phi) is 4.48. The molecular weight excluding hydrogens is 226 g/mol. The van der Waals surface area contributed by atoms with Crippen molar-refractivity contribution in [2.24, 2.45) is 0 Å². The minimum Gasteiger partial charge on any atom is -0.491 e. The molecule has 0 bridgehead atoms. The van der Waals surface area contributed by atoms with Crippen molar-refractivity contribution in [1.82, 2.24) is 0 Å². The van der Waals surface area contributed by atoms with Crippen LogP contribution in [0.15, 0.2) is 18.2 Å². The average molecular weight is 249 g/mol. The Bertz CT molecular complexity index is 384. The molecule has 18 heavy (non-hydrogen) atoms. The fourth-order valence-electron chi connectivity index (χ4n) is 2.22. The third-order valence-corrected chi connectivity index (χ3v) is 3.09. The Hall–Kier alpha value is -1.22. The second-order valence-electron chi connectivity index (χ2n) is 5.20. The number of anilines is 1. The molecule has 2 rings (SSSR count). The van der Waals surface area contributed by atoms with Gasteiger partial charge in [-0.05, 0) is 57.4 Å². The standard InChI is InChI=1S/C15H23NO2/c1-11(2)18-14-6-7-15(12(3)9-14)16-13-5-4-8-17-10-13/h6-7,9,11,13,16H,4-5,8,10H2,1-3H3. The van der Waals surface area contributed by atoms with E-state index in [2.05, 4.69) is 24.4 Å². The van der Waals surface area contributed by atoms with Crippen LogP contribution in [0.1, 0.15) is 32.3 Å². The number of benzene rings is 1. The van der Waals surface area contributed by atoms with Gasteiger partial charge in [0.1, 0.15) is 5.75 Å². The van der Waals surface area contributed by atoms with Crippen molar-refractivity contribution in [3.8, 4) is 5.75 Å². The van der Waals surface area contributed by atoms with Gasteiger partial charge in [0, 0.05) is 18.3 Å². The molecule has 1 heterocycles. The maximum Gasteiger partial charge on any atom is 0.120 e. The lowest BCUT2D eigenvalue weighted by molar-refractivity contribution is 0.0876. The predicted octanol–water partition coefficient (Wildman–Crippen LogP) is 3.37. The summed E-state index contributed by atoms with van der Waals surface area (Å²) in [4.78, 5) is 0. The Morgan fingerprint density at radius 1 is 1.39 bits per heavy atom. The van der Waals surface area contributed by atoms with E-state index in [1.807, 2.05) is 19.9 Å². The van der Waals surface area contributed by atoms with Crippen LogP contribution in [0.2, 0.25) is 0 Å². The van der Waals surface area contributed by atoms with Crippen LogP contribution < -0.4 is 10.1 Å². The summed E-state index contributed by atoms with van der Waals surface area (Å²) in [5, 5.41) is 3.55. The van der Waals surface area contributed by atoms with Crippen LogP contribution in [0.25, 0.3) is 0 Å². The normalized spacial score (nSPS) is 19.9. The van der Waals surface area contributed by atoms with Crippen LogP contribution in [0.4, 0.5) is 5.69 Å². The molecule has 1 fully saturated rings. The molecule has 100 valence electrons. The molecule has 3 heteroatoms. The largest absolute Gasteiger partial charge is 0.491 e. The fourth-order valence-corrected chi connectivity index (χ4v) is 2.22. The van der Waals surface area contributed by atoms with E-state index < -0.39 is 0 Å². The predicted molar refractivity (Wildman–Crippen MR) is 74.4 cm³/mol. The highest BCUT2D eigenvalue weighted by Gasteiger charge is 2.14. The van der Waals surface area contributed by atoms with E-state index in [0.29, 0.717) is 6.04 Å². The fraction of sp³-hybridized carbons (Fsp3) is 0.600. The number of aryl methyl sites for hydroxylation is 1. The summed E-state index contributed by atoms with van der Waals surface area (Å²) < 4.78 is 11.2. The topological polar surface area (TPSA) is 30.5 Å². The van der Waals surface area contributed by atoms with Crippen molar-refractivity contribution in [3.05, 3.63) is 23.8 Å². The molecule has 1 aliphatic heterocycles. The zero-order chi connectivity index (χ0) is 13.0. The van der Waals surface area contributed by atoms with Crippen molar-refractivity contribution in [2.45, 2.75) is 45.8 Å². The molecule has 0 amide bonds. The summed E-state index contributed by atoms with van der Waals surface area (Å²) in [5.41, 5.74) is 2.40. The first-order valence-corrected chi connectivity index (χ1v) is 6.77. The van der Waals surface area contributed by atoms with Crippen molar-refractivity contribution in [1.29, 1.82) is 0 Å². The van der Waals surface area contributed by atoms with E-state index in [-0.39, 0.29) is 6.10 Å². The summed E-state index contributed by atoms with van der Waals surface area (Å²) in [7, 11) is 0. The quantitative estimate of drug-likeness (QED) is 0.887. The van der Waals surface area contributed by atoms with Gasteiger partial charge in [-0.3, -0.25) is 0 Å². The molecule has 0 saturated carbocycles. The molecule has 0 spiro atoms. The minimum atomic E-state index is 0.218. The van der Waals surface area contributed by atoms with Crippen LogP contribution >= 0.6 is 0 Å². The van der Waals surface area contributed by atoms with Gasteiger partial charge >= 0.3 is 0 Å². The lowest BCUT2D eigenvalue weighted by atomic mass is 10.1. The Labute approximate surface area is 109 Å². The lowest BCUT2D eigenvalue weighted by Crippen LogP contribution is -2.30. The highest BCUT2D eigenvalue weighted by atomic mass is 16.5. The number of ether oxygens (including phenoxy) is 2. The molecule has 1 atom stereocenters. The third kappa shape index (κ3) is 3.64. The average Bonchev–Trinajstić information content (AvgIpc) is 2.33. The molecule has 1 N–H and O–H groups in total. The van der Waals surface area contributed by atoms with Crippen LogP contribution in [-0.2, 0) is 4.74 Å². The van der Waals surface area contributed by atoms with Gasteiger partial charge in [-0.1, -0.05) is 0 Å². The van der Waals surface area contributed by atoms with E-state index in [9.17, 15) is 0 Å². The van der Waals surface area contributed by atoms with E-state index in [1.165, 1.54) is 17.7 Å². The summed E-state index contributed by atoms with van der Waals surface area (Å²) in [5.74, 6) is 0.938.